The second kappa shape index (κ2) is 4.65. The Balaban J connectivity index is 2.03. The Morgan fingerprint density at radius 3 is 2.75 bits per heavy atom. The summed E-state index contributed by atoms with van der Waals surface area (Å²) in [5, 5.41) is 3.17. The molecule has 0 saturated heterocycles. The molecular weight excluding hydrogens is 202 g/mol. The van der Waals surface area contributed by atoms with Crippen molar-refractivity contribution in [2.75, 3.05) is 5.32 Å². The zero-order valence-electron chi connectivity index (χ0n) is 9.31. The molecule has 0 aliphatic carbocycles. The predicted molar refractivity (Wildman–Crippen MR) is 60.9 cm³/mol. The predicted octanol–water partition coefficient (Wildman–Crippen LogP) is 1.50. The van der Waals surface area contributed by atoms with Gasteiger partial charge in [0.15, 0.2) is 0 Å². The summed E-state index contributed by atoms with van der Waals surface area (Å²) in [6, 6.07) is 1.86. The molecule has 0 aliphatic heterocycles. The number of anilines is 1. The molecule has 0 aliphatic rings. The fourth-order valence-corrected chi connectivity index (χ4v) is 1.23. The lowest BCUT2D eigenvalue weighted by Crippen LogP contribution is -2.05. The standard InChI is InChI=1S/C11H13N5/c1-8-9(2)16-11(6-13-8)14-5-10-3-4-12-7-15-10/h3-4,6-7H,5H2,1-2H3,(H,14,16). The molecule has 0 saturated carbocycles. The molecule has 0 radical (unpaired) electrons. The minimum Gasteiger partial charge on any atom is -0.363 e. The monoisotopic (exact) mass is 215 g/mol. The van der Waals surface area contributed by atoms with Crippen molar-refractivity contribution in [3.63, 3.8) is 0 Å². The van der Waals surface area contributed by atoms with Crippen LogP contribution < -0.4 is 5.32 Å². The van der Waals surface area contributed by atoms with Crippen LogP contribution in [-0.2, 0) is 6.54 Å². The van der Waals surface area contributed by atoms with Crippen LogP contribution in [0.4, 0.5) is 5.82 Å². The van der Waals surface area contributed by atoms with Gasteiger partial charge in [0, 0.05) is 6.20 Å². The summed E-state index contributed by atoms with van der Waals surface area (Å²) in [6.45, 7) is 4.51. The quantitative estimate of drug-likeness (QED) is 0.840. The lowest BCUT2D eigenvalue weighted by Gasteiger charge is -2.06. The fraction of sp³-hybridized carbons (Fsp3) is 0.273. The molecule has 0 amide bonds. The van der Waals surface area contributed by atoms with Crippen LogP contribution in [0.15, 0.2) is 24.8 Å². The molecule has 5 nitrogen and oxygen atoms in total. The molecule has 0 aromatic carbocycles. The van der Waals surface area contributed by atoms with Crippen LogP contribution >= 0.6 is 0 Å². The number of hydrogen-bond donors (Lipinski definition) is 1. The van der Waals surface area contributed by atoms with E-state index < -0.39 is 0 Å². The van der Waals surface area contributed by atoms with Crippen LogP contribution in [0.5, 0.6) is 0 Å². The van der Waals surface area contributed by atoms with Gasteiger partial charge in [-0.3, -0.25) is 4.98 Å². The Labute approximate surface area is 94.0 Å². The summed E-state index contributed by atoms with van der Waals surface area (Å²) in [5.74, 6) is 0.765. The molecule has 82 valence electrons. The average Bonchev–Trinajstić information content (AvgIpc) is 2.32. The van der Waals surface area contributed by atoms with Crippen LogP contribution in [0.25, 0.3) is 0 Å². The van der Waals surface area contributed by atoms with E-state index in [2.05, 4.69) is 25.3 Å². The van der Waals surface area contributed by atoms with Crippen LogP contribution in [0, 0.1) is 13.8 Å². The van der Waals surface area contributed by atoms with Gasteiger partial charge in [0.25, 0.3) is 0 Å². The van der Waals surface area contributed by atoms with Crippen molar-refractivity contribution in [1.82, 2.24) is 19.9 Å². The maximum atomic E-state index is 4.37. The van der Waals surface area contributed by atoms with E-state index in [-0.39, 0.29) is 0 Å². The highest BCUT2D eigenvalue weighted by Gasteiger charge is 1.99. The van der Waals surface area contributed by atoms with E-state index in [0.29, 0.717) is 6.54 Å². The van der Waals surface area contributed by atoms with Gasteiger partial charge in [-0.25, -0.2) is 15.0 Å². The largest absolute Gasteiger partial charge is 0.363 e. The highest BCUT2D eigenvalue weighted by Crippen LogP contribution is 2.06. The third kappa shape index (κ3) is 2.50. The highest BCUT2D eigenvalue weighted by molar-refractivity contribution is 5.33. The minimum absolute atomic E-state index is 0.625. The van der Waals surface area contributed by atoms with Crippen molar-refractivity contribution in [2.24, 2.45) is 0 Å². The number of nitrogens with zero attached hydrogens (tertiary/aromatic N) is 4. The second-order valence-electron chi connectivity index (χ2n) is 3.48. The van der Waals surface area contributed by atoms with Gasteiger partial charge in [0.05, 0.1) is 29.8 Å². The van der Waals surface area contributed by atoms with Gasteiger partial charge in [-0.05, 0) is 19.9 Å². The molecular formula is C11H13N5. The van der Waals surface area contributed by atoms with Crippen molar-refractivity contribution < 1.29 is 0 Å². The van der Waals surface area contributed by atoms with Gasteiger partial charge in [0.2, 0.25) is 0 Å². The number of rotatable bonds is 3. The Bertz CT molecular complexity index is 469. The number of aryl methyl sites for hydroxylation is 2. The molecule has 0 atom stereocenters. The van der Waals surface area contributed by atoms with Crippen molar-refractivity contribution in [3.8, 4) is 0 Å². The second-order valence-corrected chi connectivity index (χ2v) is 3.48. The Morgan fingerprint density at radius 1 is 1.19 bits per heavy atom. The SMILES string of the molecule is Cc1ncc(NCc2ccncn2)nc1C. The van der Waals surface area contributed by atoms with E-state index in [1.165, 1.54) is 6.33 Å². The molecule has 1 N–H and O–H groups in total. The van der Waals surface area contributed by atoms with Gasteiger partial charge in [0.1, 0.15) is 12.1 Å². The lowest BCUT2D eigenvalue weighted by molar-refractivity contribution is 0.973. The molecule has 16 heavy (non-hydrogen) atoms. The first-order valence-electron chi connectivity index (χ1n) is 5.05. The highest BCUT2D eigenvalue weighted by atomic mass is 15.0. The maximum Gasteiger partial charge on any atom is 0.145 e. The van der Waals surface area contributed by atoms with E-state index >= 15 is 0 Å². The van der Waals surface area contributed by atoms with Gasteiger partial charge in [-0.15, -0.1) is 0 Å². The van der Waals surface area contributed by atoms with Gasteiger partial charge >= 0.3 is 0 Å². The smallest absolute Gasteiger partial charge is 0.145 e. The summed E-state index contributed by atoms with van der Waals surface area (Å²) in [6.07, 6.45) is 4.97. The van der Waals surface area contributed by atoms with Crippen molar-refractivity contribution >= 4 is 5.82 Å². The van der Waals surface area contributed by atoms with Gasteiger partial charge < -0.3 is 5.32 Å². The normalized spacial score (nSPS) is 10.1. The fourth-order valence-electron chi connectivity index (χ4n) is 1.23. The Morgan fingerprint density at radius 2 is 2.06 bits per heavy atom. The van der Waals surface area contributed by atoms with Crippen molar-refractivity contribution in [1.29, 1.82) is 0 Å². The van der Waals surface area contributed by atoms with E-state index in [1.807, 2.05) is 19.9 Å². The molecule has 0 unspecified atom stereocenters. The summed E-state index contributed by atoms with van der Waals surface area (Å²) >= 11 is 0. The Hall–Kier alpha value is -2.04. The van der Waals surface area contributed by atoms with Crippen LogP contribution in [0.1, 0.15) is 17.1 Å². The Kier molecular flexibility index (Phi) is 3.05. The summed E-state index contributed by atoms with van der Waals surface area (Å²) in [4.78, 5) is 16.6. The molecule has 2 heterocycles. The van der Waals surface area contributed by atoms with Gasteiger partial charge in [-0.1, -0.05) is 0 Å². The maximum absolute atomic E-state index is 4.37. The first-order chi connectivity index (χ1) is 7.75. The zero-order valence-corrected chi connectivity index (χ0v) is 9.31. The van der Waals surface area contributed by atoms with Crippen LogP contribution in [-0.4, -0.2) is 19.9 Å². The van der Waals surface area contributed by atoms with Crippen molar-refractivity contribution in [3.05, 3.63) is 41.9 Å². The molecule has 0 fully saturated rings. The molecule has 2 aromatic rings. The third-order valence-corrected chi connectivity index (χ3v) is 2.29. The zero-order chi connectivity index (χ0) is 11.4. The van der Waals surface area contributed by atoms with Crippen molar-refractivity contribution in [2.45, 2.75) is 20.4 Å². The van der Waals surface area contributed by atoms with Crippen LogP contribution in [0.3, 0.4) is 0 Å². The lowest BCUT2D eigenvalue weighted by atomic mass is 10.3. The molecule has 0 bridgehead atoms. The summed E-state index contributed by atoms with van der Waals surface area (Å²) in [5.41, 5.74) is 2.82. The summed E-state index contributed by atoms with van der Waals surface area (Å²) in [7, 11) is 0. The van der Waals surface area contributed by atoms with Gasteiger partial charge in [-0.2, -0.15) is 0 Å². The number of aromatic nitrogens is 4. The molecule has 0 spiro atoms. The minimum atomic E-state index is 0.625. The third-order valence-electron chi connectivity index (χ3n) is 2.29. The van der Waals surface area contributed by atoms with E-state index in [0.717, 1.165) is 22.9 Å². The first kappa shape index (κ1) is 10.5. The van der Waals surface area contributed by atoms with Crippen LogP contribution in [0.2, 0.25) is 0 Å². The first-order valence-corrected chi connectivity index (χ1v) is 5.05. The number of hydrogen-bond acceptors (Lipinski definition) is 5. The molecule has 5 heteroatoms. The van der Waals surface area contributed by atoms with E-state index in [1.54, 1.807) is 12.4 Å². The molecule has 2 aromatic heterocycles. The number of nitrogens with one attached hydrogen (secondary N) is 1. The van der Waals surface area contributed by atoms with E-state index in [9.17, 15) is 0 Å². The summed E-state index contributed by atoms with van der Waals surface area (Å²) < 4.78 is 0. The molecule has 2 rings (SSSR count). The topological polar surface area (TPSA) is 63.6 Å². The van der Waals surface area contributed by atoms with E-state index in [4.69, 9.17) is 0 Å². The average molecular weight is 215 g/mol.